The lowest BCUT2D eigenvalue weighted by molar-refractivity contribution is -0.143. The molecule has 12 heteroatoms. The van der Waals surface area contributed by atoms with Crippen LogP contribution in [0.5, 0.6) is 0 Å². The summed E-state index contributed by atoms with van der Waals surface area (Å²) < 4.78 is 116. The molecule has 0 N–H and O–H groups in total. The quantitative estimate of drug-likeness (QED) is 0.520. The third-order valence-electron chi connectivity index (χ3n) is 3.29. The van der Waals surface area contributed by atoms with Crippen molar-refractivity contribution in [3.63, 3.8) is 0 Å². The van der Waals surface area contributed by atoms with Gasteiger partial charge in [-0.3, -0.25) is 4.98 Å². The maximum Gasteiger partial charge on any atom is 0.416 e. The number of rotatable bonds is 3. The van der Waals surface area contributed by atoms with Gasteiger partial charge in [-0.15, -0.1) is 0 Å². The van der Waals surface area contributed by atoms with Crippen LogP contribution in [-0.4, -0.2) is 13.4 Å². The Morgan fingerprint density at radius 3 is 1.85 bits per heavy atom. The summed E-state index contributed by atoms with van der Waals surface area (Å²) in [6, 6.07) is 1.38. The summed E-state index contributed by atoms with van der Waals surface area (Å²) in [7, 11) is -5.28. The Morgan fingerprint density at radius 1 is 0.963 bits per heavy atom. The predicted octanol–water partition coefficient (Wildman–Crippen LogP) is 5.11. The molecule has 2 rings (SSSR count). The van der Waals surface area contributed by atoms with Gasteiger partial charge in [0.1, 0.15) is 0 Å². The van der Waals surface area contributed by atoms with Crippen molar-refractivity contribution in [2.75, 3.05) is 0 Å². The van der Waals surface area contributed by atoms with Crippen LogP contribution in [0.25, 0.3) is 4.85 Å². The molecule has 0 bridgehead atoms. The number of hydrogen-bond donors (Lipinski definition) is 0. The minimum absolute atomic E-state index is 0.0678. The van der Waals surface area contributed by atoms with E-state index in [-0.39, 0.29) is 23.9 Å². The highest BCUT2D eigenvalue weighted by atomic mass is 32.2. The van der Waals surface area contributed by atoms with Crippen LogP contribution in [0.3, 0.4) is 0 Å². The van der Waals surface area contributed by atoms with E-state index in [4.69, 9.17) is 6.57 Å². The summed E-state index contributed by atoms with van der Waals surface area (Å²) in [5.41, 5.74) is -7.66. The Kier molecular flexibility index (Phi) is 5.20. The maximum atomic E-state index is 14.4. The molecule has 4 nitrogen and oxygen atoms in total. The fourth-order valence-electron chi connectivity index (χ4n) is 1.97. The number of benzene rings is 1. The van der Waals surface area contributed by atoms with Crippen molar-refractivity contribution in [1.29, 1.82) is 0 Å². The molecule has 1 aromatic heterocycles. The lowest BCUT2D eigenvalue weighted by Gasteiger charge is -2.16. The Morgan fingerprint density at radius 2 is 1.48 bits per heavy atom. The predicted molar refractivity (Wildman–Crippen MR) is 78.0 cm³/mol. The van der Waals surface area contributed by atoms with E-state index in [1.54, 1.807) is 0 Å². The zero-order valence-corrected chi connectivity index (χ0v) is 13.6. The zero-order valence-electron chi connectivity index (χ0n) is 12.8. The molecule has 0 radical (unpaired) electrons. The molecule has 0 saturated heterocycles. The van der Waals surface area contributed by atoms with Crippen molar-refractivity contribution in [1.82, 2.24) is 4.98 Å². The van der Waals surface area contributed by atoms with Crippen molar-refractivity contribution in [3.8, 4) is 0 Å². The highest BCUT2D eigenvalue weighted by molar-refractivity contribution is 7.91. The summed E-state index contributed by atoms with van der Waals surface area (Å²) in [5, 5.41) is 0. The third kappa shape index (κ3) is 4.36. The number of alkyl halides is 7. The second kappa shape index (κ2) is 6.80. The summed E-state index contributed by atoms with van der Waals surface area (Å²) in [5.74, 6) is 0. The molecule has 1 heterocycles. The first-order valence-electron chi connectivity index (χ1n) is 6.77. The SMILES string of the molecule is [C-]#[N+]c1ccc(C(F)S(=O)(=O)c2cc(C(F)(F)F)cc(C(F)(F)F)c2)nc1. The van der Waals surface area contributed by atoms with Gasteiger partial charge < -0.3 is 0 Å². The smallest absolute Gasteiger partial charge is 0.269 e. The van der Waals surface area contributed by atoms with E-state index in [1.165, 1.54) is 0 Å². The minimum atomic E-state index is -5.28. The van der Waals surface area contributed by atoms with E-state index in [0.29, 0.717) is 0 Å². The maximum absolute atomic E-state index is 14.4. The van der Waals surface area contributed by atoms with Crippen molar-refractivity contribution in [2.45, 2.75) is 22.8 Å². The normalized spacial score (nSPS) is 13.9. The average molecular weight is 412 g/mol. The van der Waals surface area contributed by atoms with E-state index < -0.39 is 49.4 Å². The van der Waals surface area contributed by atoms with Gasteiger partial charge >= 0.3 is 12.4 Å². The molecule has 0 saturated carbocycles. The number of pyridine rings is 1. The van der Waals surface area contributed by atoms with Gasteiger partial charge in [-0.05, 0) is 24.3 Å². The van der Waals surface area contributed by atoms with Crippen molar-refractivity contribution >= 4 is 15.5 Å². The first-order valence-corrected chi connectivity index (χ1v) is 8.32. The highest BCUT2D eigenvalue weighted by Crippen LogP contribution is 2.39. The van der Waals surface area contributed by atoms with Crippen molar-refractivity contribution in [2.24, 2.45) is 0 Å². The topological polar surface area (TPSA) is 51.4 Å². The number of hydrogen-bond acceptors (Lipinski definition) is 3. The third-order valence-corrected chi connectivity index (χ3v) is 4.97. The molecule has 1 aromatic carbocycles. The fraction of sp³-hybridized carbons (Fsp3) is 0.200. The first kappa shape index (κ1) is 20.6. The lowest BCUT2D eigenvalue weighted by Crippen LogP contribution is -2.16. The van der Waals surface area contributed by atoms with Gasteiger partial charge in [0.25, 0.3) is 0 Å². The number of nitrogens with zero attached hydrogens (tertiary/aromatic N) is 2. The fourth-order valence-corrected chi connectivity index (χ4v) is 3.25. The average Bonchev–Trinajstić information content (AvgIpc) is 2.59. The number of sulfone groups is 1. The van der Waals surface area contributed by atoms with Gasteiger partial charge in [0, 0.05) is 6.20 Å². The van der Waals surface area contributed by atoms with Gasteiger partial charge in [0.15, 0.2) is 0 Å². The summed E-state index contributed by atoms with van der Waals surface area (Å²) in [6.45, 7) is 6.70. The highest BCUT2D eigenvalue weighted by Gasteiger charge is 2.40. The van der Waals surface area contributed by atoms with Gasteiger partial charge in [-0.25, -0.2) is 17.7 Å². The van der Waals surface area contributed by atoms with Crippen LogP contribution in [-0.2, 0) is 22.2 Å². The van der Waals surface area contributed by atoms with E-state index >= 15 is 0 Å². The van der Waals surface area contributed by atoms with E-state index in [1.807, 2.05) is 0 Å². The Bertz CT molecular complexity index is 959. The summed E-state index contributed by atoms with van der Waals surface area (Å²) >= 11 is 0. The van der Waals surface area contributed by atoms with Crippen molar-refractivity contribution < 1.29 is 39.2 Å². The molecular formula is C15H7F7N2O2S. The molecule has 1 unspecified atom stereocenters. The molecule has 0 spiro atoms. The van der Waals surface area contributed by atoms with E-state index in [2.05, 4.69) is 9.83 Å². The summed E-state index contributed by atoms with van der Waals surface area (Å²) in [6.07, 6.45) is -9.75. The monoisotopic (exact) mass is 412 g/mol. The Hall–Kier alpha value is -2.68. The molecule has 1 atom stereocenters. The largest absolute Gasteiger partial charge is 0.416 e. The van der Waals surface area contributed by atoms with Crippen LogP contribution < -0.4 is 0 Å². The standard InChI is InChI=1S/C15H7F7N2O2S/c1-23-10-2-3-12(24-7-10)13(16)27(25,26)11-5-8(14(17,18)19)4-9(6-11)15(20,21)22/h2-7,13H. The van der Waals surface area contributed by atoms with Crippen LogP contribution >= 0.6 is 0 Å². The second-order valence-corrected chi connectivity index (χ2v) is 7.13. The molecule has 0 aliphatic rings. The molecule has 0 amide bonds. The molecule has 144 valence electrons. The molecule has 0 aliphatic carbocycles. The number of halogens is 7. The lowest BCUT2D eigenvalue weighted by atomic mass is 10.1. The molecule has 0 aliphatic heterocycles. The molecule has 27 heavy (non-hydrogen) atoms. The van der Waals surface area contributed by atoms with Gasteiger partial charge in [-0.2, -0.15) is 26.3 Å². The zero-order chi connectivity index (χ0) is 20.6. The van der Waals surface area contributed by atoms with Gasteiger partial charge in [-0.1, -0.05) is 6.07 Å². The van der Waals surface area contributed by atoms with Crippen LogP contribution in [0.15, 0.2) is 41.4 Å². The van der Waals surface area contributed by atoms with Crippen LogP contribution in [0.2, 0.25) is 0 Å². The molecule has 2 aromatic rings. The Labute approximate surface area is 148 Å². The second-order valence-electron chi connectivity index (χ2n) is 5.16. The van der Waals surface area contributed by atoms with Gasteiger partial charge in [0.2, 0.25) is 21.0 Å². The van der Waals surface area contributed by atoms with E-state index in [9.17, 15) is 39.2 Å². The van der Waals surface area contributed by atoms with E-state index in [0.717, 1.165) is 18.3 Å². The minimum Gasteiger partial charge on any atom is -0.269 e. The van der Waals surface area contributed by atoms with Crippen LogP contribution in [0.1, 0.15) is 22.3 Å². The van der Waals surface area contributed by atoms with Crippen molar-refractivity contribution in [3.05, 3.63) is 64.8 Å². The van der Waals surface area contributed by atoms with Crippen LogP contribution in [0.4, 0.5) is 36.4 Å². The Balaban J connectivity index is 2.61. The molecule has 0 fully saturated rings. The van der Waals surface area contributed by atoms with Crippen LogP contribution in [0, 0.1) is 6.57 Å². The molecular weight excluding hydrogens is 405 g/mol. The first-order chi connectivity index (χ1) is 12.3. The number of aromatic nitrogens is 1. The van der Waals surface area contributed by atoms with Gasteiger partial charge in [0.05, 0.1) is 28.3 Å². The summed E-state index contributed by atoms with van der Waals surface area (Å²) in [4.78, 5) is 4.81.